The Morgan fingerprint density at radius 1 is 1.07 bits per heavy atom. The highest BCUT2D eigenvalue weighted by Crippen LogP contribution is 2.27. The summed E-state index contributed by atoms with van der Waals surface area (Å²) in [6.07, 6.45) is 3.26. The molecule has 2 amide bonds. The monoisotopic (exact) mass is 446 g/mol. The maximum absolute atomic E-state index is 13.0. The van der Waals surface area contributed by atoms with Gasteiger partial charge in [-0.3, -0.25) is 9.59 Å². The smallest absolute Gasteiger partial charge is 0.230 e. The van der Waals surface area contributed by atoms with E-state index < -0.39 is 0 Å². The van der Waals surface area contributed by atoms with Gasteiger partial charge in [0, 0.05) is 25.6 Å². The molecule has 2 aromatic carbocycles. The number of nitrogens with zero attached hydrogens (tertiary/aromatic N) is 1. The molecule has 1 heterocycles. The van der Waals surface area contributed by atoms with E-state index in [-0.39, 0.29) is 23.8 Å². The quantitative estimate of drug-likeness (QED) is 0.632. The van der Waals surface area contributed by atoms with Gasteiger partial charge in [-0.25, -0.2) is 0 Å². The molecule has 0 radical (unpaired) electrons. The van der Waals surface area contributed by atoms with Gasteiger partial charge >= 0.3 is 0 Å². The zero-order chi connectivity index (χ0) is 21.5. The van der Waals surface area contributed by atoms with Crippen molar-refractivity contribution in [1.29, 1.82) is 0 Å². The number of aryl methyl sites for hydroxylation is 1. The number of amides is 2. The first kappa shape index (κ1) is 22.6. The van der Waals surface area contributed by atoms with Gasteiger partial charge in [-0.15, -0.1) is 0 Å². The van der Waals surface area contributed by atoms with Crippen LogP contribution in [0.4, 0.5) is 0 Å². The molecule has 2 aromatic rings. The molecule has 0 aromatic heterocycles. The van der Waals surface area contributed by atoms with Crippen LogP contribution in [0.1, 0.15) is 49.7 Å². The molecule has 3 rings (SSSR count). The van der Waals surface area contributed by atoms with Gasteiger partial charge < -0.3 is 10.2 Å². The largest absolute Gasteiger partial charge is 0.353 e. The van der Waals surface area contributed by atoms with Crippen LogP contribution in [0.5, 0.6) is 0 Å². The first-order valence-electron chi connectivity index (χ1n) is 10.6. The van der Waals surface area contributed by atoms with Crippen LogP contribution >= 0.6 is 23.2 Å². The number of benzene rings is 2. The van der Waals surface area contributed by atoms with E-state index in [1.54, 1.807) is 6.07 Å². The first-order valence-corrected chi connectivity index (χ1v) is 11.3. The Labute approximate surface area is 188 Å². The number of hydrogen-bond acceptors (Lipinski definition) is 2. The van der Waals surface area contributed by atoms with E-state index in [0.717, 1.165) is 30.4 Å². The summed E-state index contributed by atoms with van der Waals surface area (Å²) in [7, 11) is 0. The number of halogens is 2. The normalized spacial score (nSPS) is 15.6. The second-order valence-electron chi connectivity index (χ2n) is 7.75. The molecule has 1 fully saturated rings. The lowest BCUT2D eigenvalue weighted by molar-refractivity contribution is -0.134. The van der Waals surface area contributed by atoms with Crippen LogP contribution in [0.2, 0.25) is 10.0 Å². The van der Waals surface area contributed by atoms with Gasteiger partial charge in [-0.2, -0.15) is 0 Å². The molecule has 4 nitrogen and oxygen atoms in total. The van der Waals surface area contributed by atoms with Gasteiger partial charge in [0.2, 0.25) is 11.8 Å². The molecule has 1 unspecified atom stereocenters. The lowest BCUT2D eigenvalue weighted by atomic mass is 9.93. The van der Waals surface area contributed by atoms with Crippen LogP contribution in [0.15, 0.2) is 48.5 Å². The number of nitrogens with one attached hydrogen (secondary N) is 1. The summed E-state index contributed by atoms with van der Waals surface area (Å²) in [4.78, 5) is 27.3. The average Bonchev–Trinajstić information content (AvgIpc) is 2.76. The first-order chi connectivity index (χ1) is 14.5. The van der Waals surface area contributed by atoms with Crippen LogP contribution in [0.3, 0.4) is 0 Å². The van der Waals surface area contributed by atoms with E-state index in [4.69, 9.17) is 23.2 Å². The average molecular weight is 447 g/mol. The van der Waals surface area contributed by atoms with Crippen molar-refractivity contribution in [2.45, 2.75) is 51.0 Å². The minimum atomic E-state index is -0.0974. The van der Waals surface area contributed by atoms with Gasteiger partial charge in [0.15, 0.2) is 0 Å². The lowest BCUT2D eigenvalue weighted by Crippen LogP contribution is -2.47. The Morgan fingerprint density at radius 2 is 1.77 bits per heavy atom. The topological polar surface area (TPSA) is 49.4 Å². The van der Waals surface area contributed by atoms with E-state index >= 15 is 0 Å². The number of rotatable bonds is 7. The third-order valence-corrected chi connectivity index (χ3v) is 6.59. The SMILES string of the molecule is CCC(C(=O)N1CCC(NC(=O)CCc2cccc(Cl)c2Cl)CC1)c1ccccc1. The Bertz CT molecular complexity index is 865. The minimum absolute atomic E-state index is 0.00605. The predicted octanol–water partition coefficient (Wildman–Crippen LogP) is 5.23. The van der Waals surface area contributed by atoms with E-state index in [0.29, 0.717) is 36.0 Å². The predicted molar refractivity (Wildman–Crippen MR) is 122 cm³/mol. The molecule has 1 saturated heterocycles. The number of piperidine rings is 1. The van der Waals surface area contributed by atoms with Gasteiger partial charge in [-0.1, -0.05) is 72.6 Å². The molecule has 160 valence electrons. The molecule has 1 aliphatic heterocycles. The number of hydrogen-bond donors (Lipinski definition) is 1. The van der Waals surface area contributed by atoms with Crippen molar-refractivity contribution in [3.63, 3.8) is 0 Å². The molecule has 30 heavy (non-hydrogen) atoms. The highest BCUT2D eigenvalue weighted by Gasteiger charge is 2.28. The van der Waals surface area contributed by atoms with Crippen LogP contribution in [-0.4, -0.2) is 35.8 Å². The Balaban J connectivity index is 1.46. The Kier molecular flexibility index (Phi) is 8.17. The molecule has 6 heteroatoms. The molecule has 0 aliphatic carbocycles. The molecule has 1 N–H and O–H groups in total. The third kappa shape index (κ3) is 5.77. The van der Waals surface area contributed by atoms with Crippen LogP contribution in [-0.2, 0) is 16.0 Å². The summed E-state index contributed by atoms with van der Waals surface area (Å²) in [5, 5.41) is 4.13. The minimum Gasteiger partial charge on any atom is -0.353 e. The zero-order valence-electron chi connectivity index (χ0n) is 17.2. The van der Waals surface area contributed by atoms with Crippen LogP contribution in [0.25, 0.3) is 0 Å². The molecule has 1 aliphatic rings. The molecule has 1 atom stereocenters. The zero-order valence-corrected chi connectivity index (χ0v) is 18.8. The Hall–Kier alpha value is -2.04. The highest BCUT2D eigenvalue weighted by atomic mass is 35.5. The van der Waals surface area contributed by atoms with E-state index in [9.17, 15) is 9.59 Å². The van der Waals surface area contributed by atoms with Crippen LogP contribution < -0.4 is 5.32 Å². The molecule has 0 spiro atoms. The molecular formula is C24H28Cl2N2O2. The summed E-state index contributed by atoms with van der Waals surface area (Å²) >= 11 is 12.2. The summed E-state index contributed by atoms with van der Waals surface area (Å²) in [5.41, 5.74) is 1.95. The maximum Gasteiger partial charge on any atom is 0.230 e. The van der Waals surface area contributed by atoms with Crippen molar-refractivity contribution in [2.75, 3.05) is 13.1 Å². The van der Waals surface area contributed by atoms with Crippen molar-refractivity contribution in [3.8, 4) is 0 Å². The fourth-order valence-electron chi connectivity index (χ4n) is 3.99. The maximum atomic E-state index is 13.0. The highest BCUT2D eigenvalue weighted by molar-refractivity contribution is 6.42. The molecular weight excluding hydrogens is 419 g/mol. The van der Waals surface area contributed by atoms with Crippen molar-refractivity contribution < 1.29 is 9.59 Å². The Morgan fingerprint density at radius 3 is 2.43 bits per heavy atom. The summed E-state index contributed by atoms with van der Waals surface area (Å²) in [6.45, 7) is 3.40. The fourth-order valence-corrected chi connectivity index (χ4v) is 4.41. The van der Waals surface area contributed by atoms with Gasteiger partial charge in [-0.05, 0) is 42.9 Å². The lowest BCUT2D eigenvalue weighted by Gasteiger charge is -2.34. The fraction of sp³-hybridized carbons (Fsp3) is 0.417. The standard InChI is InChI=1S/C24H28Cl2N2O2/c1-2-20(17-7-4-3-5-8-17)24(30)28-15-13-19(14-16-28)27-22(29)12-11-18-9-6-10-21(25)23(18)26/h3-10,19-20H,2,11-16H2,1H3,(H,27,29). The van der Waals surface area contributed by atoms with E-state index in [1.807, 2.05) is 47.4 Å². The summed E-state index contributed by atoms with van der Waals surface area (Å²) < 4.78 is 0. The van der Waals surface area contributed by atoms with Crippen molar-refractivity contribution in [2.24, 2.45) is 0 Å². The van der Waals surface area contributed by atoms with E-state index in [1.165, 1.54) is 0 Å². The number of carbonyl (C=O) groups excluding carboxylic acids is 2. The third-order valence-electron chi connectivity index (χ3n) is 5.73. The van der Waals surface area contributed by atoms with Crippen molar-refractivity contribution in [3.05, 3.63) is 69.7 Å². The van der Waals surface area contributed by atoms with Crippen molar-refractivity contribution >= 4 is 35.0 Å². The number of carbonyl (C=O) groups is 2. The van der Waals surface area contributed by atoms with Crippen molar-refractivity contribution in [1.82, 2.24) is 10.2 Å². The van der Waals surface area contributed by atoms with Gasteiger partial charge in [0.05, 0.1) is 16.0 Å². The second-order valence-corrected chi connectivity index (χ2v) is 8.54. The number of likely N-dealkylation sites (tertiary alicyclic amines) is 1. The van der Waals surface area contributed by atoms with Gasteiger partial charge in [0.25, 0.3) is 0 Å². The van der Waals surface area contributed by atoms with Crippen LogP contribution in [0, 0.1) is 0 Å². The van der Waals surface area contributed by atoms with E-state index in [2.05, 4.69) is 12.2 Å². The second kappa shape index (κ2) is 10.8. The molecule has 0 saturated carbocycles. The summed E-state index contributed by atoms with van der Waals surface area (Å²) in [5.74, 6) is 0.0930. The molecule has 0 bridgehead atoms. The summed E-state index contributed by atoms with van der Waals surface area (Å²) in [6, 6.07) is 15.5. The van der Waals surface area contributed by atoms with Gasteiger partial charge in [0.1, 0.15) is 0 Å².